The lowest BCUT2D eigenvalue weighted by Gasteiger charge is -2.12. The van der Waals surface area contributed by atoms with Gasteiger partial charge in [0.1, 0.15) is 16.5 Å². The molecule has 0 saturated carbocycles. The van der Waals surface area contributed by atoms with E-state index in [1.165, 1.54) is 26.2 Å². The Hall–Kier alpha value is -3.09. The second kappa shape index (κ2) is 7.86. The van der Waals surface area contributed by atoms with Crippen LogP contribution in [0.2, 0.25) is 0 Å². The van der Waals surface area contributed by atoms with Crippen LogP contribution in [-0.2, 0) is 10.0 Å². The van der Waals surface area contributed by atoms with E-state index >= 15 is 0 Å². The van der Waals surface area contributed by atoms with Crippen LogP contribution in [-0.4, -0.2) is 43.1 Å². The zero-order valence-corrected chi connectivity index (χ0v) is 14.3. The summed E-state index contributed by atoms with van der Waals surface area (Å²) in [7, 11) is -3.21. The van der Waals surface area contributed by atoms with E-state index in [2.05, 4.69) is 25.0 Å². The van der Waals surface area contributed by atoms with Gasteiger partial charge in [-0.1, -0.05) is 12.1 Å². The summed E-state index contributed by atoms with van der Waals surface area (Å²) < 4.78 is 59.9. The number of sulfonamides is 1. The van der Waals surface area contributed by atoms with Gasteiger partial charge in [-0.25, -0.2) is 17.9 Å². The Morgan fingerprint density at radius 1 is 1.19 bits per heavy atom. The van der Waals surface area contributed by atoms with Gasteiger partial charge >= 0.3 is 18.7 Å². The maximum absolute atomic E-state index is 12.4. The van der Waals surface area contributed by atoms with Crippen molar-refractivity contribution in [2.75, 3.05) is 12.4 Å². The van der Waals surface area contributed by atoms with Crippen LogP contribution >= 0.6 is 0 Å². The summed E-state index contributed by atoms with van der Waals surface area (Å²) in [5.41, 5.74) is 0. The predicted octanol–water partition coefficient (Wildman–Crippen LogP) is 1.30. The molecule has 0 unspecified atom stereocenters. The summed E-state index contributed by atoms with van der Waals surface area (Å²) in [5.74, 6) is -0.662. The maximum Gasteiger partial charge on any atom is 0.387 e. The fourth-order valence-electron chi connectivity index (χ4n) is 1.77. The molecule has 10 nitrogen and oxygen atoms in total. The molecular formula is C13H13F2N5O5S. The van der Waals surface area contributed by atoms with Crippen LogP contribution in [0.25, 0.3) is 0 Å². The van der Waals surface area contributed by atoms with Crippen LogP contribution in [0, 0.1) is 6.92 Å². The van der Waals surface area contributed by atoms with Gasteiger partial charge in [-0.15, -0.1) is 0 Å². The highest BCUT2D eigenvalue weighted by Gasteiger charge is 2.24. The van der Waals surface area contributed by atoms with Gasteiger partial charge in [0.05, 0.1) is 7.11 Å². The van der Waals surface area contributed by atoms with Gasteiger partial charge < -0.3 is 9.47 Å². The van der Waals surface area contributed by atoms with Crippen molar-refractivity contribution < 1.29 is 31.5 Å². The van der Waals surface area contributed by atoms with E-state index < -0.39 is 33.3 Å². The molecule has 140 valence electrons. The Bertz CT molecular complexity index is 910. The quantitative estimate of drug-likeness (QED) is 0.755. The van der Waals surface area contributed by atoms with E-state index in [1.54, 1.807) is 4.72 Å². The number of alkyl halides is 2. The Morgan fingerprint density at radius 2 is 1.88 bits per heavy atom. The van der Waals surface area contributed by atoms with Crippen LogP contribution in [0.4, 0.5) is 19.5 Å². The molecule has 0 fully saturated rings. The van der Waals surface area contributed by atoms with E-state index in [-0.39, 0.29) is 17.8 Å². The average molecular weight is 389 g/mol. The van der Waals surface area contributed by atoms with Gasteiger partial charge in [-0.05, 0) is 19.1 Å². The van der Waals surface area contributed by atoms with Gasteiger partial charge in [0.2, 0.25) is 5.95 Å². The van der Waals surface area contributed by atoms with Gasteiger partial charge in [0.15, 0.2) is 0 Å². The van der Waals surface area contributed by atoms with Crippen molar-refractivity contribution in [2.45, 2.75) is 18.4 Å². The SMILES string of the molecule is COc1nc(C)nc(NC(=O)NS(=O)(=O)c2ccccc2OC(F)F)n1. The van der Waals surface area contributed by atoms with E-state index in [4.69, 9.17) is 4.74 Å². The molecule has 2 amide bonds. The highest BCUT2D eigenvalue weighted by molar-refractivity contribution is 7.90. The number of urea groups is 1. The molecule has 0 saturated heterocycles. The third-order valence-corrected chi connectivity index (χ3v) is 4.09. The van der Waals surface area contributed by atoms with Crippen LogP contribution in [0.3, 0.4) is 0 Å². The predicted molar refractivity (Wildman–Crippen MR) is 83.5 cm³/mol. The third-order valence-electron chi connectivity index (χ3n) is 2.72. The Labute approximate surface area is 146 Å². The number of rotatable bonds is 6. The van der Waals surface area contributed by atoms with Crippen molar-refractivity contribution in [3.8, 4) is 11.8 Å². The minimum atomic E-state index is -4.50. The Morgan fingerprint density at radius 3 is 2.54 bits per heavy atom. The number of hydrogen-bond acceptors (Lipinski definition) is 8. The number of aromatic nitrogens is 3. The second-order valence-corrected chi connectivity index (χ2v) is 6.23. The number of anilines is 1. The summed E-state index contributed by atoms with van der Waals surface area (Å²) >= 11 is 0. The first-order valence-electron chi connectivity index (χ1n) is 6.85. The average Bonchev–Trinajstić information content (AvgIpc) is 2.53. The monoisotopic (exact) mass is 389 g/mol. The number of para-hydroxylation sites is 1. The summed E-state index contributed by atoms with van der Waals surface area (Å²) in [6, 6.07) is 3.31. The zero-order valence-electron chi connectivity index (χ0n) is 13.4. The Balaban J connectivity index is 2.19. The van der Waals surface area contributed by atoms with Gasteiger partial charge in [0, 0.05) is 0 Å². The molecule has 0 bridgehead atoms. The van der Waals surface area contributed by atoms with Crippen molar-refractivity contribution in [1.82, 2.24) is 19.7 Å². The first-order chi connectivity index (χ1) is 12.2. The number of hydrogen-bond donors (Lipinski definition) is 2. The lowest BCUT2D eigenvalue weighted by Crippen LogP contribution is -2.35. The first kappa shape index (κ1) is 19.2. The molecule has 13 heteroatoms. The van der Waals surface area contributed by atoms with Crippen LogP contribution in [0.15, 0.2) is 29.2 Å². The van der Waals surface area contributed by atoms with E-state index in [1.807, 2.05) is 0 Å². The van der Waals surface area contributed by atoms with Crippen LogP contribution in [0.1, 0.15) is 5.82 Å². The topological polar surface area (TPSA) is 132 Å². The number of benzene rings is 1. The number of carbonyl (C=O) groups is 1. The van der Waals surface area contributed by atoms with Gasteiger partial charge in [-0.2, -0.15) is 23.7 Å². The maximum atomic E-state index is 12.4. The molecule has 1 heterocycles. The summed E-state index contributed by atoms with van der Waals surface area (Å²) in [4.78, 5) is 22.6. The first-order valence-corrected chi connectivity index (χ1v) is 8.34. The van der Waals surface area contributed by atoms with Gasteiger partial charge in [-0.3, -0.25) is 5.32 Å². The normalized spacial score (nSPS) is 11.1. The molecule has 26 heavy (non-hydrogen) atoms. The molecule has 2 rings (SSSR count). The number of halogens is 2. The number of methoxy groups -OCH3 is 1. The zero-order chi connectivity index (χ0) is 19.3. The van der Waals surface area contributed by atoms with Crippen molar-refractivity contribution in [2.24, 2.45) is 0 Å². The van der Waals surface area contributed by atoms with E-state index in [9.17, 15) is 22.0 Å². The molecule has 0 aliphatic heterocycles. The van der Waals surface area contributed by atoms with Crippen molar-refractivity contribution in [3.63, 3.8) is 0 Å². The molecule has 0 atom stereocenters. The molecule has 0 aliphatic rings. The summed E-state index contributed by atoms with van der Waals surface area (Å²) in [6.45, 7) is -1.73. The highest BCUT2D eigenvalue weighted by atomic mass is 32.2. The lowest BCUT2D eigenvalue weighted by atomic mass is 10.3. The summed E-state index contributed by atoms with van der Waals surface area (Å²) in [5, 5.41) is 2.08. The largest absolute Gasteiger partial charge is 0.467 e. The molecule has 0 aliphatic carbocycles. The lowest BCUT2D eigenvalue weighted by molar-refractivity contribution is -0.0517. The smallest absolute Gasteiger partial charge is 0.387 e. The number of aryl methyl sites for hydroxylation is 1. The fraction of sp³-hybridized carbons (Fsp3) is 0.231. The Kier molecular flexibility index (Phi) is 5.82. The molecule has 1 aromatic heterocycles. The molecular weight excluding hydrogens is 376 g/mol. The molecule has 2 aromatic rings. The number of ether oxygens (including phenoxy) is 2. The minimum Gasteiger partial charge on any atom is -0.467 e. The number of nitrogens with one attached hydrogen (secondary N) is 2. The van der Waals surface area contributed by atoms with Crippen LogP contribution < -0.4 is 19.5 Å². The third kappa shape index (κ3) is 4.95. The molecule has 0 radical (unpaired) electrons. The fourth-order valence-corrected chi connectivity index (χ4v) is 2.82. The number of amides is 2. The molecule has 1 aromatic carbocycles. The summed E-state index contributed by atoms with van der Waals surface area (Å²) in [6.07, 6.45) is 0. The second-order valence-electron chi connectivity index (χ2n) is 4.58. The van der Waals surface area contributed by atoms with Crippen molar-refractivity contribution in [3.05, 3.63) is 30.1 Å². The van der Waals surface area contributed by atoms with Crippen molar-refractivity contribution >= 4 is 22.0 Å². The molecule has 0 spiro atoms. The number of nitrogens with zero attached hydrogens (tertiary/aromatic N) is 3. The van der Waals surface area contributed by atoms with Crippen LogP contribution in [0.5, 0.6) is 11.8 Å². The molecule has 2 N–H and O–H groups in total. The van der Waals surface area contributed by atoms with E-state index in [0.717, 1.165) is 12.1 Å². The number of carbonyl (C=O) groups excluding carboxylic acids is 1. The van der Waals surface area contributed by atoms with E-state index in [0.29, 0.717) is 0 Å². The van der Waals surface area contributed by atoms with Crippen molar-refractivity contribution in [1.29, 1.82) is 0 Å². The van der Waals surface area contributed by atoms with Gasteiger partial charge in [0.25, 0.3) is 10.0 Å². The standard InChI is InChI=1S/C13H13F2N5O5S/c1-7-16-11(19-13(17-7)24-2)18-12(21)20-26(22,23)9-6-4-3-5-8(9)25-10(14)15/h3-6,10H,1-2H3,(H2,16,17,18,19,20,21). The minimum absolute atomic E-state index is 0.0914. The highest BCUT2D eigenvalue weighted by Crippen LogP contribution is 2.24.